The van der Waals surface area contributed by atoms with Gasteiger partial charge >= 0.3 is 0 Å². The van der Waals surface area contributed by atoms with Gasteiger partial charge in [0.05, 0.1) is 11.5 Å². The molecule has 160 valence electrons. The van der Waals surface area contributed by atoms with Crippen molar-refractivity contribution in [1.29, 1.82) is 0 Å². The van der Waals surface area contributed by atoms with E-state index in [1.807, 2.05) is 35.9 Å². The van der Waals surface area contributed by atoms with Gasteiger partial charge in [-0.2, -0.15) is 0 Å². The molecule has 31 heavy (non-hydrogen) atoms. The number of anilines is 1. The Morgan fingerprint density at radius 2 is 1.77 bits per heavy atom. The third-order valence-electron chi connectivity index (χ3n) is 5.49. The van der Waals surface area contributed by atoms with Gasteiger partial charge in [0.2, 0.25) is 11.8 Å². The maximum atomic E-state index is 13.1. The Labute approximate surface area is 178 Å². The van der Waals surface area contributed by atoms with E-state index >= 15 is 0 Å². The molecular weight excluding hydrogens is 399 g/mol. The molecule has 0 spiro atoms. The summed E-state index contributed by atoms with van der Waals surface area (Å²) in [6.07, 6.45) is 1.89. The molecular formula is C23H23FN4O3. The molecule has 7 nitrogen and oxygen atoms in total. The number of aromatic nitrogens is 1. The highest BCUT2D eigenvalue weighted by Crippen LogP contribution is 2.25. The summed E-state index contributed by atoms with van der Waals surface area (Å²) in [7, 11) is 1.89. The van der Waals surface area contributed by atoms with E-state index in [-0.39, 0.29) is 49.6 Å². The Morgan fingerprint density at radius 3 is 2.55 bits per heavy atom. The van der Waals surface area contributed by atoms with Crippen LogP contribution in [0.2, 0.25) is 0 Å². The molecule has 1 aliphatic rings. The van der Waals surface area contributed by atoms with Gasteiger partial charge in [0, 0.05) is 55.9 Å². The topological polar surface area (TPSA) is 83.4 Å². The van der Waals surface area contributed by atoms with Crippen LogP contribution in [0.25, 0.3) is 10.9 Å². The minimum absolute atomic E-state index is 0.103. The number of hydrogen-bond donors (Lipinski definition) is 2. The second kappa shape index (κ2) is 8.59. The molecule has 1 aliphatic heterocycles. The first-order chi connectivity index (χ1) is 14.9. The van der Waals surface area contributed by atoms with E-state index in [0.29, 0.717) is 11.3 Å². The summed E-state index contributed by atoms with van der Waals surface area (Å²) < 4.78 is 15.0. The predicted molar refractivity (Wildman–Crippen MR) is 115 cm³/mol. The number of rotatable bonds is 6. The molecule has 8 heteroatoms. The number of halogens is 1. The molecule has 2 N–H and O–H groups in total. The summed E-state index contributed by atoms with van der Waals surface area (Å²) >= 11 is 0. The fraction of sp³-hybridized carbons (Fsp3) is 0.261. The number of carbonyl (C=O) groups excluding carboxylic acids is 3. The van der Waals surface area contributed by atoms with E-state index < -0.39 is 5.92 Å². The molecule has 0 aliphatic carbocycles. The van der Waals surface area contributed by atoms with Crippen LogP contribution in [0, 0.1) is 11.7 Å². The lowest BCUT2D eigenvalue weighted by Crippen LogP contribution is -2.38. The molecule has 4 rings (SSSR count). The monoisotopic (exact) mass is 422 g/mol. The number of benzene rings is 2. The van der Waals surface area contributed by atoms with E-state index in [2.05, 4.69) is 10.6 Å². The Hall–Kier alpha value is -3.68. The number of amides is 3. The smallest absolute Gasteiger partial charge is 0.253 e. The fourth-order valence-electron chi connectivity index (χ4n) is 3.88. The SMILES string of the molecule is Cn1cc(C(=O)NCCNC(=O)[C@@H]2CC(=O)N(c3ccc(F)cc3)C2)c2ccccc21. The minimum atomic E-state index is -0.480. The van der Waals surface area contributed by atoms with E-state index in [0.717, 1.165) is 10.9 Å². The lowest BCUT2D eigenvalue weighted by Gasteiger charge is -2.16. The molecule has 0 bridgehead atoms. The molecule has 1 fully saturated rings. The molecule has 1 saturated heterocycles. The average Bonchev–Trinajstić information content (AvgIpc) is 3.32. The lowest BCUT2D eigenvalue weighted by atomic mass is 10.1. The number of fused-ring (bicyclic) bond motifs is 1. The molecule has 1 aromatic heterocycles. The zero-order chi connectivity index (χ0) is 22.0. The number of nitrogens with one attached hydrogen (secondary N) is 2. The number of carbonyl (C=O) groups is 3. The van der Waals surface area contributed by atoms with Crippen molar-refractivity contribution in [3.8, 4) is 0 Å². The highest BCUT2D eigenvalue weighted by molar-refractivity contribution is 6.07. The van der Waals surface area contributed by atoms with Gasteiger partial charge in [0.1, 0.15) is 5.82 Å². The van der Waals surface area contributed by atoms with Crippen LogP contribution in [0.15, 0.2) is 54.7 Å². The van der Waals surface area contributed by atoms with Crippen LogP contribution in [-0.2, 0) is 16.6 Å². The normalized spacial score (nSPS) is 16.0. The summed E-state index contributed by atoms with van der Waals surface area (Å²) in [5.74, 6) is -1.47. The molecule has 0 saturated carbocycles. The van der Waals surface area contributed by atoms with Crippen molar-refractivity contribution in [1.82, 2.24) is 15.2 Å². The quantitative estimate of drug-likeness (QED) is 0.598. The summed E-state index contributed by atoms with van der Waals surface area (Å²) in [6, 6.07) is 13.3. The van der Waals surface area contributed by atoms with Crippen LogP contribution < -0.4 is 15.5 Å². The largest absolute Gasteiger partial charge is 0.354 e. The Kier molecular flexibility index (Phi) is 5.70. The van der Waals surface area contributed by atoms with Gasteiger partial charge < -0.3 is 20.1 Å². The molecule has 3 aromatic rings. The van der Waals surface area contributed by atoms with Gasteiger partial charge in [-0.25, -0.2) is 4.39 Å². The van der Waals surface area contributed by atoms with Gasteiger partial charge in [-0.15, -0.1) is 0 Å². The van der Waals surface area contributed by atoms with Crippen molar-refractivity contribution in [3.63, 3.8) is 0 Å². The molecule has 2 aromatic carbocycles. The maximum Gasteiger partial charge on any atom is 0.253 e. The van der Waals surface area contributed by atoms with Crippen LogP contribution in [0.5, 0.6) is 0 Å². The second-order valence-electron chi connectivity index (χ2n) is 7.60. The van der Waals surface area contributed by atoms with Crippen LogP contribution >= 0.6 is 0 Å². The van der Waals surface area contributed by atoms with Gasteiger partial charge in [0.15, 0.2) is 0 Å². The number of nitrogens with zero attached hydrogens (tertiary/aromatic N) is 2. The van der Waals surface area contributed by atoms with E-state index in [1.54, 1.807) is 6.20 Å². The highest BCUT2D eigenvalue weighted by atomic mass is 19.1. The third kappa shape index (κ3) is 4.28. The zero-order valence-corrected chi connectivity index (χ0v) is 17.1. The highest BCUT2D eigenvalue weighted by Gasteiger charge is 2.34. The molecule has 2 heterocycles. The van der Waals surface area contributed by atoms with E-state index in [9.17, 15) is 18.8 Å². The number of aryl methyl sites for hydroxylation is 1. The van der Waals surface area contributed by atoms with Crippen molar-refractivity contribution >= 4 is 34.3 Å². The van der Waals surface area contributed by atoms with Crippen molar-refractivity contribution in [3.05, 3.63) is 66.1 Å². The first-order valence-electron chi connectivity index (χ1n) is 10.1. The summed E-state index contributed by atoms with van der Waals surface area (Å²) in [4.78, 5) is 38.7. The summed E-state index contributed by atoms with van der Waals surface area (Å²) in [5.41, 5.74) is 2.13. The van der Waals surface area contributed by atoms with Gasteiger partial charge in [-0.05, 0) is 30.3 Å². The van der Waals surface area contributed by atoms with Gasteiger partial charge in [0.25, 0.3) is 5.91 Å². The zero-order valence-electron chi connectivity index (χ0n) is 17.1. The summed E-state index contributed by atoms with van der Waals surface area (Å²) in [5, 5.41) is 6.47. The van der Waals surface area contributed by atoms with E-state index in [1.165, 1.54) is 29.2 Å². The van der Waals surface area contributed by atoms with Crippen LogP contribution in [0.1, 0.15) is 16.8 Å². The van der Waals surface area contributed by atoms with Crippen molar-refractivity contribution in [2.45, 2.75) is 6.42 Å². The van der Waals surface area contributed by atoms with E-state index in [4.69, 9.17) is 0 Å². The maximum absolute atomic E-state index is 13.1. The Balaban J connectivity index is 1.27. The predicted octanol–water partition coefficient (Wildman–Crippen LogP) is 2.22. The van der Waals surface area contributed by atoms with Crippen molar-refractivity contribution in [2.75, 3.05) is 24.5 Å². The number of hydrogen-bond acceptors (Lipinski definition) is 3. The van der Waals surface area contributed by atoms with Crippen molar-refractivity contribution in [2.24, 2.45) is 13.0 Å². The Morgan fingerprint density at radius 1 is 1.06 bits per heavy atom. The standard InChI is InChI=1S/C23H23FN4O3/c1-27-14-19(18-4-2-3-5-20(18)27)23(31)26-11-10-25-22(30)15-12-21(29)28(13-15)17-8-6-16(24)7-9-17/h2-9,14-15H,10-13H2,1H3,(H,25,30)(H,26,31)/t15-/m1/s1. The fourth-order valence-corrected chi connectivity index (χ4v) is 3.88. The molecule has 0 unspecified atom stereocenters. The first-order valence-corrected chi connectivity index (χ1v) is 10.1. The van der Waals surface area contributed by atoms with Gasteiger partial charge in [-0.3, -0.25) is 14.4 Å². The molecule has 0 radical (unpaired) electrons. The van der Waals surface area contributed by atoms with Crippen LogP contribution in [0.3, 0.4) is 0 Å². The van der Waals surface area contributed by atoms with Gasteiger partial charge in [-0.1, -0.05) is 18.2 Å². The minimum Gasteiger partial charge on any atom is -0.354 e. The summed E-state index contributed by atoms with van der Waals surface area (Å²) in [6.45, 7) is 0.783. The molecule has 3 amide bonds. The Bertz CT molecular complexity index is 1140. The van der Waals surface area contributed by atoms with Crippen LogP contribution in [0.4, 0.5) is 10.1 Å². The second-order valence-corrected chi connectivity index (χ2v) is 7.60. The van der Waals surface area contributed by atoms with Crippen molar-refractivity contribution < 1.29 is 18.8 Å². The molecule has 1 atom stereocenters. The van der Waals surface area contributed by atoms with Crippen LogP contribution in [-0.4, -0.2) is 41.9 Å². The number of para-hydroxylation sites is 1. The third-order valence-corrected chi connectivity index (χ3v) is 5.49. The average molecular weight is 422 g/mol. The first kappa shape index (κ1) is 20.6. The lowest BCUT2D eigenvalue weighted by molar-refractivity contribution is -0.126.